The summed E-state index contributed by atoms with van der Waals surface area (Å²) in [6.45, 7) is 1.94. The summed E-state index contributed by atoms with van der Waals surface area (Å²) in [5.74, 6) is 3.23. The molecule has 0 aromatic heterocycles. The zero-order valence-corrected chi connectivity index (χ0v) is 10.6. The van der Waals surface area contributed by atoms with Gasteiger partial charge in [0.25, 0.3) is 0 Å². The Morgan fingerprint density at radius 1 is 1.28 bits per heavy atom. The van der Waals surface area contributed by atoms with Crippen LogP contribution in [-0.4, -0.2) is 30.9 Å². The summed E-state index contributed by atoms with van der Waals surface area (Å²) in [6, 6.07) is 10.0. The smallest absolute Gasteiger partial charge is 0.237 e. The van der Waals surface area contributed by atoms with E-state index in [1.807, 2.05) is 11.0 Å². The first-order chi connectivity index (χ1) is 8.79. The van der Waals surface area contributed by atoms with Gasteiger partial charge in [-0.15, -0.1) is 0 Å². The summed E-state index contributed by atoms with van der Waals surface area (Å²) in [4.78, 5) is 13.9. The maximum Gasteiger partial charge on any atom is 0.237 e. The lowest BCUT2D eigenvalue weighted by molar-refractivity contribution is 0.105. The van der Waals surface area contributed by atoms with E-state index in [4.69, 9.17) is 4.74 Å². The molecule has 1 aromatic rings. The van der Waals surface area contributed by atoms with Crippen molar-refractivity contribution >= 4 is 5.78 Å². The van der Waals surface area contributed by atoms with Crippen LogP contribution < -0.4 is 4.74 Å². The number of rotatable bonds is 2. The number of hydrogen-bond acceptors (Lipinski definition) is 3. The third-order valence-electron chi connectivity index (χ3n) is 3.02. The summed E-state index contributed by atoms with van der Waals surface area (Å²) >= 11 is 0. The maximum absolute atomic E-state index is 11.9. The summed E-state index contributed by atoms with van der Waals surface area (Å²) in [5, 5.41) is 0. The van der Waals surface area contributed by atoms with Crippen molar-refractivity contribution in [3.63, 3.8) is 0 Å². The van der Waals surface area contributed by atoms with Gasteiger partial charge in [0.15, 0.2) is 0 Å². The summed E-state index contributed by atoms with van der Waals surface area (Å²) in [6.07, 6.45) is 3.60. The molecule has 0 spiro atoms. The van der Waals surface area contributed by atoms with Gasteiger partial charge < -0.3 is 9.64 Å². The van der Waals surface area contributed by atoms with Gasteiger partial charge in [0.2, 0.25) is 5.78 Å². The van der Waals surface area contributed by atoms with Crippen LogP contribution in [-0.2, 0) is 0 Å². The molecule has 94 valence electrons. The van der Waals surface area contributed by atoms with E-state index in [0.717, 1.165) is 13.1 Å². The molecular formula is C15H17NO2. The van der Waals surface area contributed by atoms with Crippen LogP contribution >= 0.6 is 0 Å². The number of methoxy groups -OCH3 is 1. The predicted octanol–water partition coefficient (Wildman–Crippen LogP) is 2.32. The average molecular weight is 243 g/mol. The van der Waals surface area contributed by atoms with Gasteiger partial charge in [0, 0.05) is 24.7 Å². The van der Waals surface area contributed by atoms with Gasteiger partial charge in [-0.25, -0.2) is 0 Å². The average Bonchev–Trinajstić information content (AvgIpc) is 2.46. The molecule has 1 aromatic carbocycles. The molecule has 0 saturated carbocycles. The van der Waals surface area contributed by atoms with Crippen LogP contribution in [0.5, 0.6) is 5.75 Å². The number of ketones is 1. The Balaban J connectivity index is 2.04. The molecule has 1 aliphatic heterocycles. The Labute approximate surface area is 108 Å². The van der Waals surface area contributed by atoms with Gasteiger partial charge in [-0.2, -0.15) is 0 Å². The molecule has 1 saturated heterocycles. The number of likely N-dealkylation sites (tertiary alicyclic amines) is 1. The van der Waals surface area contributed by atoms with E-state index in [0.29, 0.717) is 11.3 Å². The number of nitrogens with zero attached hydrogens (tertiary/aromatic N) is 1. The fourth-order valence-corrected chi connectivity index (χ4v) is 1.97. The quantitative estimate of drug-likeness (QED) is 0.590. The minimum absolute atomic E-state index is 0.153. The molecule has 0 aliphatic carbocycles. The van der Waals surface area contributed by atoms with Crippen LogP contribution in [0.2, 0.25) is 0 Å². The Bertz CT molecular complexity index is 479. The Morgan fingerprint density at radius 2 is 2.06 bits per heavy atom. The van der Waals surface area contributed by atoms with E-state index in [1.54, 1.807) is 25.3 Å². The molecule has 0 unspecified atom stereocenters. The van der Waals surface area contributed by atoms with Crippen LogP contribution in [0, 0.1) is 12.0 Å². The Kier molecular flexibility index (Phi) is 4.25. The highest BCUT2D eigenvalue weighted by Gasteiger charge is 2.07. The first-order valence-corrected chi connectivity index (χ1v) is 6.24. The SMILES string of the molecule is COc1cccc(C(=O)C#CN2CCCCC2)c1. The number of piperidine rings is 1. The lowest BCUT2D eigenvalue weighted by Crippen LogP contribution is -2.24. The molecule has 3 heteroatoms. The second-order valence-corrected chi connectivity index (χ2v) is 4.35. The van der Waals surface area contributed by atoms with E-state index in [-0.39, 0.29) is 5.78 Å². The lowest BCUT2D eigenvalue weighted by Gasteiger charge is -2.21. The minimum Gasteiger partial charge on any atom is -0.497 e. The molecule has 0 amide bonds. The second-order valence-electron chi connectivity index (χ2n) is 4.35. The zero-order valence-electron chi connectivity index (χ0n) is 10.6. The van der Waals surface area contributed by atoms with E-state index >= 15 is 0 Å². The lowest BCUT2D eigenvalue weighted by atomic mass is 10.1. The van der Waals surface area contributed by atoms with Gasteiger partial charge in [0.1, 0.15) is 5.75 Å². The summed E-state index contributed by atoms with van der Waals surface area (Å²) in [7, 11) is 1.59. The molecule has 2 rings (SSSR count). The summed E-state index contributed by atoms with van der Waals surface area (Å²) in [5.41, 5.74) is 0.582. The second kappa shape index (κ2) is 6.11. The molecule has 1 fully saturated rings. The van der Waals surface area contributed by atoms with Crippen LogP contribution in [0.25, 0.3) is 0 Å². The largest absolute Gasteiger partial charge is 0.497 e. The van der Waals surface area contributed by atoms with Gasteiger partial charge >= 0.3 is 0 Å². The molecule has 3 nitrogen and oxygen atoms in total. The summed E-state index contributed by atoms with van der Waals surface area (Å²) < 4.78 is 5.09. The highest BCUT2D eigenvalue weighted by Crippen LogP contribution is 2.13. The Hall–Kier alpha value is -1.95. The number of ether oxygens (including phenoxy) is 1. The van der Waals surface area contributed by atoms with Crippen LogP contribution in [0.3, 0.4) is 0 Å². The van der Waals surface area contributed by atoms with Gasteiger partial charge in [-0.3, -0.25) is 4.79 Å². The monoisotopic (exact) mass is 243 g/mol. The van der Waals surface area contributed by atoms with Crippen molar-refractivity contribution < 1.29 is 9.53 Å². The number of Topliss-reactive ketones (excluding diaryl/α,β-unsaturated/α-hetero) is 1. The number of hydrogen-bond donors (Lipinski definition) is 0. The topological polar surface area (TPSA) is 29.5 Å². The number of benzene rings is 1. The third kappa shape index (κ3) is 3.27. The first-order valence-electron chi connectivity index (χ1n) is 6.24. The number of carbonyl (C=O) groups is 1. The van der Waals surface area contributed by atoms with E-state index in [9.17, 15) is 4.79 Å². The van der Waals surface area contributed by atoms with Crippen molar-refractivity contribution in [3.8, 4) is 17.7 Å². The van der Waals surface area contributed by atoms with E-state index in [1.165, 1.54) is 19.3 Å². The van der Waals surface area contributed by atoms with Crippen LogP contribution in [0.15, 0.2) is 24.3 Å². The van der Waals surface area contributed by atoms with Crippen LogP contribution in [0.4, 0.5) is 0 Å². The molecule has 1 heterocycles. The zero-order chi connectivity index (χ0) is 12.8. The van der Waals surface area contributed by atoms with Gasteiger partial charge in [-0.05, 0) is 37.3 Å². The van der Waals surface area contributed by atoms with Crippen LogP contribution in [0.1, 0.15) is 29.6 Å². The number of carbonyl (C=O) groups excluding carboxylic acids is 1. The molecule has 0 bridgehead atoms. The maximum atomic E-state index is 11.9. The van der Waals surface area contributed by atoms with E-state index < -0.39 is 0 Å². The van der Waals surface area contributed by atoms with Gasteiger partial charge in [0.05, 0.1) is 7.11 Å². The minimum atomic E-state index is -0.153. The predicted molar refractivity (Wildman–Crippen MR) is 70.5 cm³/mol. The van der Waals surface area contributed by atoms with Gasteiger partial charge in [-0.1, -0.05) is 12.1 Å². The fourth-order valence-electron chi connectivity index (χ4n) is 1.97. The van der Waals surface area contributed by atoms with Crippen molar-refractivity contribution in [2.75, 3.05) is 20.2 Å². The highest BCUT2D eigenvalue weighted by atomic mass is 16.5. The van der Waals surface area contributed by atoms with E-state index in [2.05, 4.69) is 12.0 Å². The fraction of sp³-hybridized carbons (Fsp3) is 0.400. The highest BCUT2D eigenvalue weighted by molar-refractivity contribution is 6.09. The Morgan fingerprint density at radius 3 is 2.78 bits per heavy atom. The van der Waals surface area contributed by atoms with Crippen molar-refractivity contribution in [1.29, 1.82) is 0 Å². The standard InChI is InChI=1S/C15H17NO2/c1-18-14-7-5-6-13(12-14)15(17)8-11-16-9-3-2-4-10-16/h5-7,12H,2-4,9-10H2,1H3. The van der Waals surface area contributed by atoms with Crippen molar-refractivity contribution in [2.24, 2.45) is 0 Å². The molecule has 0 atom stereocenters. The van der Waals surface area contributed by atoms with Crippen molar-refractivity contribution in [3.05, 3.63) is 29.8 Å². The van der Waals surface area contributed by atoms with Crippen molar-refractivity contribution in [2.45, 2.75) is 19.3 Å². The first kappa shape index (κ1) is 12.5. The molecular weight excluding hydrogens is 226 g/mol. The normalized spacial score (nSPS) is 14.6. The molecule has 1 aliphatic rings. The molecule has 0 radical (unpaired) electrons. The van der Waals surface area contributed by atoms with Crippen molar-refractivity contribution in [1.82, 2.24) is 4.90 Å². The molecule has 18 heavy (non-hydrogen) atoms. The third-order valence-corrected chi connectivity index (χ3v) is 3.02. The molecule has 0 N–H and O–H groups in total.